The molecule has 0 bridgehead atoms. The summed E-state index contributed by atoms with van der Waals surface area (Å²) in [6.45, 7) is 0. The summed E-state index contributed by atoms with van der Waals surface area (Å²) >= 11 is 0. The molecule has 0 nitrogen and oxygen atoms in total. The third-order valence-corrected chi connectivity index (χ3v) is 2.78. The molecule has 0 aromatic heterocycles. The number of fused-ring (bicyclic) bond motifs is 3. The van der Waals surface area contributed by atoms with Crippen LogP contribution in [-0.4, -0.2) is 0 Å². The van der Waals surface area contributed by atoms with Crippen LogP contribution in [0.1, 0.15) is 17.0 Å². The predicted octanol–water partition coefficient (Wildman–Crippen LogP) is 3.45. The van der Waals surface area contributed by atoms with Gasteiger partial charge in [-0.15, -0.1) is 5.73 Å². The Morgan fingerprint density at radius 2 is 2.00 bits per heavy atom. The smallest absolute Gasteiger partial charge is 0.0350 e. The summed E-state index contributed by atoms with van der Waals surface area (Å²) in [7, 11) is 0. The van der Waals surface area contributed by atoms with Crippen LogP contribution >= 0.6 is 0 Å². The average Bonchev–Trinajstić information content (AvgIpc) is 2.29. The third kappa shape index (κ3) is 1.02. The van der Waals surface area contributed by atoms with E-state index in [1.807, 2.05) is 6.08 Å². The molecule has 1 unspecified atom stereocenters. The lowest BCUT2D eigenvalue weighted by Gasteiger charge is -2.21. The highest BCUT2D eigenvalue weighted by molar-refractivity contribution is 5.66. The molecule has 1 aromatic carbocycles. The minimum absolute atomic E-state index is 0.418. The molecule has 0 heteroatoms. The summed E-state index contributed by atoms with van der Waals surface area (Å²) in [4.78, 5) is 0. The van der Waals surface area contributed by atoms with E-state index in [1.165, 1.54) is 16.7 Å². The van der Waals surface area contributed by atoms with Crippen molar-refractivity contribution in [1.29, 1.82) is 0 Å². The molecule has 3 rings (SSSR count). The maximum absolute atomic E-state index is 3.16. The molecule has 0 saturated heterocycles. The highest BCUT2D eigenvalue weighted by Crippen LogP contribution is 2.35. The van der Waals surface area contributed by atoms with E-state index >= 15 is 0 Å². The van der Waals surface area contributed by atoms with Crippen molar-refractivity contribution < 1.29 is 0 Å². The largest absolute Gasteiger partial charge is 0.124 e. The summed E-state index contributed by atoms with van der Waals surface area (Å²) in [5.41, 5.74) is 7.25. The lowest BCUT2D eigenvalue weighted by molar-refractivity contribution is 1.01. The van der Waals surface area contributed by atoms with Crippen molar-refractivity contribution in [2.45, 2.75) is 5.92 Å². The third-order valence-electron chi connectivity index (χ3n) is 2.78. The van der Waals surface area contributed by atoms with Crippen LogP contribution in [0.2, 0.25) is 0 Å². The molecule has 2 aliphatic carbocycles. The van der Waals surface area contributed by atoms with Gasteiger partial charge in [-0.25, -0.2) is 0 Å². The molecule has 0 saturated carbocycles. The number of allylic oxidation sites excluding steroid dienone is 4. The van der Waals surface area contributed by atoms with E-state index < -0.39 is 0 Å². The van der Waals surface area contributed by atoms with Gasteiger partial charge in [0.2, 0.25) is 0 Å². The van der Waals surface area contributed by atoms with Crippen molar-refractivity contribution in [1.82, 2.24) is 0 Å². The molecule has 0 spiro atoms. The number of rotatable bonds is 0. The average molecular weight is 178 g/mol. The zero-order valence-electron chi connectivity index (χ0n) is 7.77. The van der Waals surface area contributed by atoms with Gasteiger partial charge in [0.15, 0.2) is 0 Å². The van der Waals surface area contributed by atoms with Gasteiger partial charge in [-0.2, -0.15) is 0 Å². The topological polar surface area (TPSA) is 0 Å². The van der Waals surface area contributed by atoms with Gasteiger partial charge in [0.25, 0.3) is 0 Å². The molecular formula is C14H10. The van der Waals surface area contributed by atoms with Crippen molar-refractivity contribution in [2.24, 2.45) is 0 Å². The zero-order chi connectivity index (χ0) is 9.38. The van der Waals surface area contributed by atoms with Gasteiger partial charge in [0.05, 0.1) is 0 Å². The molecular weight excluding hydrogens is 168 g/mol. The summed E-state index contributed by atoms with van der Waals surface area (Å²) in [6.07, 6.45) is 10.6. The first-order chi connectivity index (χ1) is 6.95. The van der Waals surface area contributed by atoms with Crippen molar-refractivity contribution in [3.8, 4) is 0 Å². The SMILES string of the molecule is C1=CC=C2C=Cc3ccccc3C2C=1. The first-order valence-corrected chi connectivity index (χ1v) is 4.85. The Labute approximate surface area is 83.6 Å². The van der Waals surface area contributed by atoms with Crippen LogP contribution < -0.4 is 0 Å². The Balaban J connectivity index is 2.25. The van der Waals surface area contributed by atoms with Gasteiger partial charge in [0.1, 0.15) is 0 Å². The van der Waals surface area contributed by atoms with E-state index in [4.69, 9.17) is 0 Å². The van der Waals surface area contributed by atoms with Gasteiger partial charge in [-0.3, -0.25) is 0 Å². The van der Waals surface area contributed by atoms with Gasteiger partial charge in [-0.05, 0) is 28.9 Å². The second kappa shape index (κ2) is 2.87. The molecule has 0 amide bonds. The molecule has 1 atom stereocenters. The Morgan fingerprint density at radius 3 is 3.00 bits per heavy atom. The second-order valence-electron chi connectivity index (χ2n) is 3.61. The van der Waals surface area contributed by atoms with Gasteiger partial charge < -0.3 is 0 Å². The molecule has 66 valence electrons. The summed E-state index contributed by atoms with van der Waals surface area (Å²) < 4.78 is 0. The second-order valence-corrected chi connectivity index (χ2v) is 3.61. The maximum Gasteiger partial charge on any atom is 0.0350 e. The van der Waals surface area contributed by atoms with E-state index in [0.717, 1.165) is 0 Å². The Hall–Kier alpha value is -1.78. The fourth-order valence-electron chi connectivity index (χ4n) is 2.06. The minimum atomic E-state index is 0.418. The van der Waals surface area contributed by atoms with Crippen molar-refractivity contribution in [3.05, 3.63) is 71.0 Å². The Bertz CT molecular complexity index is 495. The van der Waals surface area contributed by atoms with Crippen LogP contribution in [0, 0.1) is 0 Å². The standard InChI is InChI=1S/C14H10/c1-3-7-13-11(5-1)9-10-12-6-2-4-8-14(12)13/h1-3,5-10,14H. The van der Waals surface area contributed by atoms with Gasteiger partial charge in [-0.1, -0.05) is 42.5 Å². The predicted molar refractivity (Wildman–Crippen MR) is 59.0 cm³/mol. The van der Waals surface area contributed by atoms with Crippen LogP contribution in [0.3, 0.4) is 0 Å². The fraction of sp³-hybridized carbons (Fsp3) is 0.0714. The highest BCUT2D eigenvalue weighted by Gasteiger charge is 2.18. The van der Waals surface area contributed by atoms with Gasteiger partial charge in [0, 0.05) is 5.92 Å². The van der Waals surface area contributed by atoms with Crippen molar-refractivity contribution >= 4 is 6.08 Å². The minimum Gasteiger partial charge on any atom is -0.124 e. The number of benzene rings is 1. The monoisotopic (exact) mass is 178 g/mol. The maximum atomic E-state index is 3.16. The van der Waals surface area contributed by atoms with Crippen LogP contribution in [-0.2, 0) is 0 Å². The van der Waals surface area contributed by atoms with Crippen molar-refractivity contribution in [3.63, 3.8) is 0 Å². The molecule has 14 heavy (non-hydrogen) atoms. The highest BCUT2D eigenvalue weighted by atomic mass is 14.2. The molecule has 2 aliphatic rings. The van der Waals surface area contributed by atoms with Crippen LogP contribution in [0.4, 0.5) is 0 Å². The molecule has 0 aliphatic heterocycles. The van der Waals surface area contributed by atoms with Crippen LogP contribution in [0.15, 0.2) is 59.9 Å². The molecule has 1 aromatic rings. The van der Waals surface area contributed by atoms with E-state index in [9.17, 15) is 0 Å². The lowest BCUT2D eigenvalue weighted by atomic mass is 9.82. The molecule has 0 heterocycles. The van der Waals surface area contributed by atoms with E-state index in [1.54, 1.807) is 0 Å². The molecule has 0 fully saturated rings. The van der Waals surface area contributed by atoms with Crippen molar-refractivity contribution in [2.75, 3.05) is 0 Å². The van der Waals surface area contributed by atoms with Crippen LogP contribution in [0.25, 0.3) is 6.08 Å². The molecule has 0 N–H and O–H groups in total. The number of hydrogen-bond donors (Lipinski definition) is 0. The fourth-order valence-corrected chi connectivity index (χ4v) is 2.06. The number of hydrogen-bond acceptors (Lipinski definition) is 0. The summed E-state index contributed by atoms with van der Waals surface area (Å²) in [6, 6.07) is 8.54. The van der Waals surface area contributed by atoms with Crippen LogP contribution in [0.5, 0.6) is 0 Å². The van der Waals surface area contributed by atoms with E-state index in [-0.39, 0.29) is 0 Å². The quantitative estimate of drug-likeness (QED) is 0.534. The first-order valence-electron chi connectivity index (χ1n) is 4.85. The van der Waals surface area contributed by atoms with E-state index in [0.29, 0.717) is 5.92 Å². The Kier molecular flexibility index (Phi) is 1.56. The summed E-state index contributed by atoms with van der Waals surface area (Å²) in [5, 5.41) is 0. The first kappa shape index (κ1) is 7.61. The normalized spacial score (nSPS) is 21.4. The van der Waals surface area contributed by atoms with E-state index in [2.05, 4.69) is 54.3 Å². The summed E-state index contributed by atoms with van der Waals surface area (Å²) in [5.74, 6) is 0.418. The zero-order valence-corrected chi connectivity index (χ0v) is 7.77. The Morgan fingerprint density at radius 1 is 1.07 bits per heavy atom. The molecule has 0 radical (unpaired) electrons. The van der Waals surface area contributed by atoms with Gasteiger partial charge >= 0.3 is 0 Å². The lowest BCUT2D eigenvalue weighted by Crippen LogP contribution is -2.05.